The van der Waals surface area contributed by atoms with Crippen LogP contribution < -0.4 is 21.1 Å². The third-order valence-electron chi connectivity index (χ3n) is 8.39. The van der Waals surface area contributed by atoms with Crippen molar-refractivity contribution in [2.24, 2.45) is 5.73 Å². The molecular weight excluding hydrogens is 715 g/mol. The molecule has 0 aliphatic rings. The first kappa shape index (κ1) is 46.2. The molecule has 12 heteroatoms. The van der Waals surface area contributed by atoms with Crippen molar-refractivity contribution < 1.29 is 29.0 Å². The van der Waals surface area contributed by atoms with Crippen LogP contribution >= 0.6 is 11.3 Å². The van der Waals surface area contributed by atoms with Crippen molar-refractivity contribution in [1.82, 2.24) is 20.6 Å². The summed E-state index contributed by atoms with van der Waals surface area (Å²) in [5.74, 6) is -0.970. The third kappa shape index (κ3) is 15.4. The lowest BCUT2D eigenvalue weighted by Gasteiger charge is -2.21. The van der Waals surface area contributed by atoms with Gasteiger partial charge in [0, 0.05) is 41.2 Å². The van der Waals surface area contributed by atoms with Crippen molar-refractivity contribution in [1.29, 1.82) is 0 Å². The number of hydrogen-bond donors (Lipinski definition) is 4. The van der Waals surface area contributed by atoms with Crippen LogP contribution in [0.4, 0.5) is 0 Å². The van der Waals surface area contributed by atoms with Gasteiger partial charge in [0.2, 0.25) is 5.91 Å². The molecule has 0 saturated heterocycles. The van der Waals surface area contributed by atoms with Gasteiger partial charge >= 0.3 is 5.97 Å². The monoisotopic (exact) mass is 773 g/mol. The molecule has 2 amide bonds. The zero-order valence-electron chi connectivity index (χ0n) is 33.4. The minimum absolute atomic E-state index is 0.0237. The second-order valence-electron chi connectivity index (χ2n) is 13.6. The van der Waals surface area contributed by atoms with Gasteiger partial charge in [0.15, 0.2) is 5.82 Å². The number of aromatic nitrogens is 2. The molecule has 4 rings (SSSR count). The lowest BCUT2D eigenvalue weighted by atomic mass is 9.95. The fraction of sp³-hybridized carbons (Fsp3) is 0.442. The molecular formula is C43H59N5O6S. The molecule has 2 atom stereocenters. The zero-order valence-corrected chi connectivity index (χ0v) is 34.2. The van der Waals surface area contributed by atoms with Crippen LogP contribution in [0.25, 0.3) is 22.5 Å². The average molecular weight is 774 g/mol. The predicted octanol–water partition coefficient (Wildman–Crippen LogP) is 8.01. The Kier molecular flexibility index (Phi) is 20.6. The van der Waals surface area contributed by atoms with Gasteiger partial charge in [0.05, 0.1) is 11.5 Å². The minimum atomic E-state index is -1.27. The summed E-state index contributed by atoms with van der Waals surface area (Å²) in [6, 6.07) is 16.5. The standard InChI is InChI=1S/C40H48N4O6S.C2H6.CH5N/c1-5-6-7-8-9-23-50-31-18-16-28(17-19-31)30-25-41-36(42-26-30)29-14-12-27(13-15-29)24-33(37(46)43-32(39(48)49)11-10-22-45)44-38(47)34-20-21-35(51-34)40(2,3)4;2*1-2/h12-22,25-26,32-33H,5-11,23-24H2,1-4H3,(H,43,46)(H,44,47)(H,48,49);1-2H3;2H2,1H3. The lowest BCUT2D eigenvalue weighted by molar-refractivity contribution is -0.142. The number of carbonyl (C=O) groups is 4. The van der Waals surface area contributed by atoms with Crippen LogP contribution in [0.1, 0.15) is 107 Å². The molecule has 0 saturated carbocycles. The number of carboxylic acid groups (broad SMARTS) is 1. The van der Waals surface area contributed by atoms with E-state index in [-0.39, 0.29) is 24.7 Å². The van der Waals surface area contributed by atoms with E-state index >= 15 is 0 Å². The number of benzene rings is 2. The van der Waals surface area contributed by atoms with Crippen LogP contribution in [0.3, 0.4) is 0 Å². The van der Waals surface area contributed by atoms with Crippen LogP contribution in [0.5, 0.6) is 5.75 Å². The Labute approximate surface area is 330 Å². The second-order valence-corrected chi connectivity index (χ2v) is 14.7. The van der Waals surface area contributed by atoms with Crippen molar-refractivity contribution in [3.8, 4) is 28.3 Å². The van der Waals surface area contributed by atoms with Crippen LogP contribution in [0.2, 0.25) is 0 Å². The molecule has 2 heterocycles. The number of carboxylic acids is 1. The van der Waals surface area contributed by atoms with Gasteiger partial charge in [-0.05, 0) is 60.7 Å². The Bertz CT molecular complexity index is 1740. The summed E-state index contributed by atoms with van der Waals surface area (Å²) in [5, 5.41) is 14.9. The number of amides is 2. The molecule has 55 heavy (non-hydrogen) atoms. The number of nitrogens with two attached hydrogens (primary N) is 1. The van der Waals surface area contributed by atoms with Crippen molar-refractivity contribution in [3.05, 3.63) is 88.4 Å². The molecule has 2 aromatic carbocycles. The van der Waals surface area contributed by atoms with Gasteiger partial charge in [-0.2, -0.15) is 0 Å². The number of aldehydes is 1. The highest BCUT2D eigenvalue weighted by atomic mass is 32.1. The smallest absolute Gasteiger partial charge is 0.326 e. The largest absolute Gasteiger partial charge is 0.494 e. The van der Waals surface area contributed by atoms with Crippen molar-refractivity contribution in [2.45, 2.75) is 110 Å². The summed E-state index contributed by atoms with van der Waals surface area (Å²) in [5.41, 5.74) is 7.71. The van der Waals surface area contributed by atoms with Gasteiger partial charge < -0.3 is 31.0 Å². The normalized spacial score (nSPS) is 11.8. The third-order valence-corrected chi connectivity index (χ3v) is 9.90. The quantitative estimate of drug-likeness (QED) is 0.0544. The van der Waals surface area contributed by atoms with Gasteiger partial charge in [-0.3, -0.25) is 9.59 Å². The van der Waals surface area contributed by atoms with Crippen molar-refractivity contribution >= 4 is 35.4 Å². The summed E-state index contributed by atoms with van der Waals surface area (Å²) in [6.45, 7) is 13.1. The van der Waals surface area contributed by atoms with Crippen LogP contribution in [-0.4, -0.2) is 64.9 Å². The number of rotatable bonds is 19. The Balaban J connectivity index is 0.00000253. The summed E-state index contributed by atoms with van der Waals surface area (Å²) in [4.78, 5) is 60.0. The van der Waals surface area contributed by atoms with Crippen LogP contribution in [0.15, 0.2) is 73.1 Å². The number of carbonyl (C=O) groups excluding carboxylic acids is 3. The molecule has 298 valence electrons. The second kappa shape index (κ2) is 24.5. The molecule has 2 unspecified atom stereocenters. The fourth-order valence-electron chi connectivity index (χ4n) is 5.36. The molecule has 5 N–H and O–H groups in total. The topological polar surface area (TPSA) is 174 Å². The highest BCUT2D eigenvalue weighted by Crippen LogP contribution is 2.29. The lowest BCUT2D eigenvalue weighted by Crippen LogP contribution is -2.52. The molecule has 0 aliphatic heterocycles. The number of hydrogen-bond acceptors (Lipinski definition) is 9. The van der Waals surface area contributed by atoms with E-state index < -0.39 is 29.9 Å². The molecule has 2 aromatic heterocycles. The summed E-state index contributed by atoms with van der Waals surface area (Å²) < 4.78 is 5.88. The minimum Gasteiger partial charge on any atom is -0.494 e. The summed E-state index contributed by atoms with van der Waals surface area (Å²) >= 11 is 1.35. The van der Waals surface area contributed by atoms with Crippen molar-refractivity contribution in [2.75, 3.05) is 13.7 Å². The highest BCUT2D eigenvalue weighted by Gasteiger charge is 2.28. The molecule has 0 fully saturated rings. The Morgan fingerprint density at radius 2 is 1.45 bits per heavy atom. The van der Waals surface area contributed by atoms with Gasteiger partial charge in [0.25, 0.3) is 5.91 Å². The number of nitrogens with zero attached hydrogens (tertiary/aromatic N) is 2. The average Bonchev–Trinajstić information content (AvgIpc) is 3.72. The van der Waals surface area contributed by atoms with Crippen LogP contribution in [0, 0.1) is 0 Å². The summed E-state index contributed by atoms with van der Waals surface area (Å²) in [6.07, 6.45) is 10.1. The van der Waals surface area contributed by atoms with Gasteiger partial charge in [0.1, 0.15) is 24.1 Å². The maximum atomic E-state index is 13.4. The number of nitrogens with one attached hydrogen (secondary N) is 2. The fourth-order valence-corrected chi connectivity index (χ4v) is 6.32. The van der Waals surface area contributed by atoms with Crippen molar-refractivity contribution in [3.63, 3.8) is 0 Å². The van der Waals surface area contributed by atoms with E-state index in [2.05, 4.69) is 54.0 Å². The Hall–Kier alpha value is -4.94. The van der Waals surface area contributed by atoms with Gasteiger partial charge in [-0.25, -0.2) is 14.8 Å². The van der Waals surface area contributed by atoms with E-state index in [1.807, 2.05) is 68.4 Å². The summed E-state index contributed by atoms with van der Waals surface area (Å²) in [7, 11) is 1.50. The van der Waals surface area contributed by atoms with E-state index in [4.69, 9.17) is 4.74 Å². The SMILES string of the molecule is CC.CCCCCCCOc1ccc(-c2cnc(-c3ccc(CC(NC(=O)c4ccc(C(C)(C)C)s4)C(=O)NC(CCC=O)C(=O)O)cc3)nc2)cc1.CN. The molecule has 0 spiro atoms. The van der Waals surface area contributed by atoms with Crippen LogP contribution in [-0.2, 0) is 26.2 Å². The first-order valence-corrected chi connectivity index (χ1v) is 19.9. The molecule has 0 bridgehead atoms. The maximum absolute atomic E-state index is 13.4. The molecule has 0 radical (unpaired) electrons. The molecule has 4 aromatic rings. The number of thiophene rings is 1. The van der Waals surface area contributed by atoms with E-state index in [0.717, 1.165) is 39.3 Å². The number of unbranched alkanes of at least 4 members (excludes halogenated alkanes) is 4. The molecule has 0 aliphatic carbocycles. The van der Waals surface area contributed by atoms with E-state index in [9.17, 15) is 24.3 Å². The van der Waals surface area contributed by atoms with E-state index in [1.165, 1.54) is 44.1 Å². The van der Waals surface area contributed by atoms with Gasteiger partial charge in [-0.15, -0.1) is 11.3 Å². The molecule has 11 nitrogen and oxygen atoms in total. The van der Waals surface area contributed by atoms with E-state index in [0.29, 0.717) is 23.6 Å². The zero-order chi connectivity index (χ0) is 40.8. The Morgan fingerprint density at radius 3 is 2.02 bits per heavy atom. The van der Waals surface area contributed by atoms with Gasteiger partial charge in [-0.1, -0.05) is 104 Å². The first-order chi connectivity index (χ1) is 26.5. The number of ether oxygens (including phenoxy) is 1. The highest BCUT2D eigenvalue weighted by molar-refractivity contribution is 7.14. The maximum Gasteiger partial charge on any atom is 0.326 e. The number of aliphatic carboxylic acids is 1. The first-order valence-electron chi connectivity index (χ1n) is 19.1. The van der Waals surface area contributed by atoms with E-state index in [1.54, 1.807) is 18.5 Å². The predicted molar refractivity (Wildman–Crippen MR) is 221 cm³/mol. The Morgan fingerprint density at radius 1 is 0.836 bits per heavy atom.